The van der Waals surface area contributed by atoms with Gasteiger partial charge in [-0.3, -0.25) is 0 Å². The first kappa shape index (κ1) is 14.0. The number of aliphatic hydroxyl groups is 1. The van der Waals surface area contributed by atoms with Crippen molar-refractivity contribution < 1.29 is 5.11 Å². The van der Waals surface area contributed by atoms with Gasteiger partial charge in [0.15, 0.2) is 0 Å². The zero-order valence-electron chi connectivity index (χ0n) is 11.3. The fraction of sp³-hybridized carbons (Fsp3) is 1.00. The van der Waals surface area contributed by atoms with Gasteiger partial charge in [-0.25, -0.2) is 0 Å². The Kier molecular flexibility index (Phi) is 5.77. The van der Waals surface area contributed by atoms with Gasteiger partial charge in [-0.1, -0.05) is 32.6 Å². The van der Waals surface area contributed by atoms with E-state index in [2.05, 4.69) is 26.1 Å². The van der Waals surface area contributed by atoms with Gasteiger partial charge < -0.3 is 10.4 Å². The fourth-order valence-corrected chi connectivity index (χ4v) is 2.63. The highest BCUT2D eigenvalue weighted by molar-refractivity contribution is 4.79. The molecule has 16 heavy (non-hydrogen) atoms. The van der Waals surface area contributed by atoms with Crippen molar-refractivity contribution in [2.75, 3.05) is 13.2 Å². The average molecular weight is 227 g/mol. The van der Waals surface area contributed by atoms with Gasteiger partial charge in [-0.05, 0) is 45.1 Å². The van der Waals surface area contributed by atoms with Crippen molar-refractivity contribution in [3.63, 3.8) is 0 Å². The van der Waals surface area contributed by atoms with E-state index in [1.807, 2.05) is 0 Å². The Hall–Kier alpha value is -0.0800. The lowest BCUT2D eigenvalue weighted by Gasteiger charge is -2.27. The molecule has 1 fully saturated rings. The molecule has 0 amide bonds. The van der Waals surface area contributed by atoms with Gasteiger partial charge in [-0.15, -0.1) is 0 Å². The lowest BCUT2D eigenvalue weighted by molar-refractivity contribution is 0.164. The van der Waals surface area contributed by atoms with Gasteiger partial charge in [0.05, 0.1) is 0 Å². The van der Waals surface area contributed by atoms with Gasteiger partial charge in [0, 0.05) is 12.1 Å². The molecule has 1 aliphatic rings. The van der Waals surface area contributed by atoms with Crippen molar-refractivity contribution in [1.29, 1.82) is 0 Å². The Morgan fingerprint density at radius 1 is 1.31 bits per heavy atom. The normalized spacial score (nSPS) is 20.2. The zero-order valence-corrected chi connectivity index (χ0v) is 11.3. The molecular weight excluding hydrogens is 198 g/mol. The topological polar surface area (TPSA) is 32.3 Å². The number of nitrogens with one attached hydrogen (secondary N) is 1. The Labute approximate surface area is 101 Å². The molecular formula is C14H29NO. The van der Waals surface area contributed by atoms with Crippen molar-refractivity contribution in [3.05, 3.63) is 0 Å². The van der Waals surface area contributed by atoms with Crippen LogP contribution in [0, 0.1) is 11.8 Å². The van der Waals surface area contributed by atoms with Crippen LogP contribution in [0.5, 0.6) is 0 Å². The number of rotatable bonds is 7. The van der Waals surface area contributed by atoms with Crippen LogP contribution in [0.15, 0.2) is 0 Å². The van der Waals surface area contributed by atoms with Crippen molar-refractivity contribution in [3.8, 4) is 0 Å². The molecule has 0 heterocycles. The summed E-state index contributed by atoms with van der Waals surface area (Å²) in [5.74, 6) is 1.32. The molecule has 2 heteroatoms. The summed E-state index contributed by atoms with van der Waals surface area (Å²) in [7, 11) is 0. The minimum atomic E-state index is 0.246. The smallest absolute Gasteiger partial charge is 0.0462 e. The van der Waals surface area contributed by atoms with E-state index >= 15 is 0 Å². The Morgan fingerprint density at radius 2 is 1.94 bits per heavy atom. The van der Waals surface area contributed by atoms with E-state index in [0.717, 1.165) is 25.3 Å². The van der Waals surface area contributed by atoms with E-state index in [1.54, 1.807) is 0 Å². The summed E-state index contributed by atoms with van der Waals surface area (Å²) >= 11 is 0. The van der Waals surface area contributed by atoms with Crippen LogP contribution in [0.25, 0.3) is 0 Å². The number of hydrogen-bond acceptors (Lipinski definition) is 2. The fourth-order valence-electron chi connectivity index (χ4n) is 2.63. The Bertz CT molecular complexity index is 185. The number of hydrogen-bond donors (Lipinski definition) is 2. The molecule has 0 saturated heterocycles. The highest BCUT2D eigenvalue weighted by Crippen LogP contribution is 2.32. The quantitative estimate of drug-likeness (QED) is 0.701. The van der Waals surface area contributed by atoms with Gasteiger partial charge in [0.1, 0.15) is 0 Å². The first-order chi connectivity index (χ1) is 7.59. The van der Waals surface area contributed by atoms with Crippen molar-refractivity contribution in [2.45, 2.75) is 64.8 Å². The molecule has 0 aromatic heterocycles. The third kappa shape index (κ3) is 4.42. The summed E-state index contributed by atoms with van der Waals surface area (Å²) in [5.41, 5.74) is 0.246. The van der Waals surface area contributed by atoms with Gasteiger partial charge in [0.2, 0.25) is 0 Å². The molecule has 96 valence electrons. The van der Waals surface area contributed by atoms with Gasteiger partial charge >= 0.3 is 0 Å². The monoisotopic (exact) mass is 227 g/mol. The maximum absolute atomic E-state index is 9.45. The molecule has 0 aliphatic heterocycles. The second-order valence-electron chi connectivity index (χ2n) is 5.94. The van der Waals surface area contributed by atoms with E-state index in [1.165, 1.54) is 25.7 Å². The zero-order chi connectivity index (χ0) is 12.0. The molecule has 1 saturated carbocycles. The minimum absolute atomic E-state index is 0.246. The van der Waals surface area contributed by atoms with Crippen LogP contribution >= 0.6 is 0 Å². The number of aliphatic hydroxyl groups excluding tert-OH is 1. The molecule has 1 atom stereocenters. The van der Waals surface area contributed by atoms with Crippen LogP contribution in [-0.2, 0) is 0 Å². The summed E-state index contributed by atoms with van der Waals surface area (Å²) in [6.45, 7) is 8.13. The van der Waals surface area contributed by atoms with Crippen LogP contribution in [-0.4, -0.2) is 23.8 Å². The third-order valence-corrected chi connectivity index (χ3v) is 4.30. The molecule has 0 radical (unpaired) electrons. The molecule has 0 bridgehead atoms. The predicted molar refractivity (Wildman–Crippen MR) is 69.5 cm³/mol. The second-order valence-corrected chi connectivity index (χ2v) is 5.94. The first-order valence-corrected chi connectivity index (χ1v) is 6.95. The lowest BCUT2D eigenvalue weighted by Crippen LogP contribution is -2.40. The van der Waals surface area contributed by atoms with Crippen molar-refractivity contribution in [2.24, 2.45) is 11.8 Å². The Balaban J connectivity index is 2.23. The van der Waals surface area contributed by atoms with E-state index < -0.39 is 0 Å². The standard InChI is InChI=1S/C14H29NO/c1-4-14(2,3)15-10-9-13(11-16)12-7-5-6-8-12/h12-13,15-16H,4-11H2,1-3H3. The van der Waals surface area contributed by atoms with Crippen LogP contribution in [0.1, 0.15) is 59.3 Å². The average Bonchev–Trinajstić information content (AvgIpc) is 2.78. The van der Waals surface area contributed by atoms with Gasteiger partial charge in [0.25, 0.3) is 0 Å². The summed E-state index contributed by atoms with van der Waals surface area (Å²) in [6.07, 6.45) is 7.69. The maximum Gasteiger partial charge on any atom is 0.0462 e. The van der Waals surface area contributed by atoms with Crippen molar-refractivity contribution >= 4 is 0 Å². The van der Waals surface area contributed by atoms with E-state index in [9.17, 15) is 5.11 Å². The summed E-state index contributed by atoms with van der Waals surface area (Å²) in [4.78, 5) is 0. The van der Waals surface area contributed by atoms with Crippen LogP contribution in [0.4, 0.5) is 0 Å². The van der Waals surface area contributed by atoms with E-state index in [0.29, 0.717) is 12.5 Å². The molecule has 2 nitrogen and oxygen atoms in total. The highest BCUT2D eigenvalue weighted by atomic mass is 16.3. The molecule has 0 spiro atoms. The first-order valence-electron chi connectivity index (χ1n) is 6.95. The molecule has 2 N–H and O–H groups in total. The summed E-state index contributed by atoms with van der Waals surface area (Å²) in [5, 5.41) is 13.0. The van der Waals surface area contributed by atoms with E-state index in [-0.39, 0.29) is 5.54 Å². The lowest BCUT2D eigenvalue weighted by atomic mass is 9.88. The third-order valence-electron chi connectivity index (χ3n) is 4.30. The molecule has 1 rings (SSSR count). The van der Waals surface area contributed by atoms with Crippen molar-refractivity contribution in [1.82, 2.24) is 5.32 Å². The van der Waals surface area contributed by atoms with E-state index in [4.69, 9.17) is 0 Å². The predicted octanol–water partition coefficient (Wildman–Crippen LogP) is 2.95. The minimum Gasteiger partial charge on any atom is -0.396 e. The SMILES string of the molecule is CCC(C)(C)NCCC(CO)C1CCCC1. The van der Waals surface area contributed by atoms with Crippen LogP contribution < -0.4 is 5.32 Å². The summed E-state index contributed by atoms with van der Waals surface area (Å²) in [6, 6.07) is 0. The Morgan fingerprint density at radius 3 is 2.44 bits per heavy atom. The maximum atomic E-state index is 9.45. The molecule has 0 aromatic rings. The molecule has 1 unspecified atom stereocenters. The van der Waals surface area contributed by atoms with Crippen LogP contribution in [0.2, 0.25) is 0 Å². The second kappa shape index (κ2) is 6.61. The highest BCUT2D eigenvalue weighted by Gasteiger charge is 2.24. The molecule has 1 aliphatic carbocycles. The summed E-state index contributed by atoms with van der Waals surface area (Å²) < 4.78 is 0. The van der Waals surface area contributed by atoms with Gasteiger partial charge in [-0.2, -0.15) is 0 Å². The molecule has 0 aromatic carbocycles. The largest absolute Gasteiger partial charge is 0.396 e. The van der Waals surface area contributed by atoms with Crippen LogP contribution in [0.3, 0.4) is 0 Å².